The Bertz CT molecular complexity index is 1410. The third kappa shape index (κ3) is 5.07. The Morgan fingerprint density at radius 1 is 1.03 bits per heavy atom. The molecule has 9 nitrogen and oxygen atoms in total. The van der Waals surface area contributed by atoms with E-state index in [4.69, 9.17) is 16.3 Å². The van der Waals surface area contributed by atoms with Crippen LogP contribution in [0.5, 0.6) is 5.75 Å². The molecule has 3 aromatic rings. The van der Waals surface area contributed by atoms with Gasteiger partial charge in [0, 0.05) is 23.3 Å². The first-order chi connectivity index (χ1) is 17.9. The van der Waals surface area contributed by atoms with E-state index in [9.17, 15) is 19.2 Å². The first-order valence-corrected chi connectivity index (χ1v) is 11.8. The lowest BCUT2D eigenvalue weighted by Crippen LogP contribution is -2.55. The standard InChI is InChI=1S/C27H21ClN4O5/c28-18-9-17(10-20(11-18)37-15-16-5-2-1-3-6-16)21-12-22(23-14-30-27(36)31-24(23)33)26(35)32(25(21)34)19-7-4-8-29-13-19/h1-13,21,23H,14-15H2,(H2,30,31,33,36). The predicted octanol–water partition coefficient (Wildman–Crippen LogP) is 3.35. The Balaban J connectivity index is 1.54. The number of hydrogen-bond acceptors (Lipinski definition) is 6. The first kappa shape index (κ1) is 24.2. The van der Waals surface area contributed by atoms with Gasteiger partial charge in [-0.15, -0.1) is 0 Å². The van der Waals surface area contributed by atoms with Crippen LogP contribution in [0, 0.1) is 5.92 Å². The summed E-state index contributed by atoms with van der Waals surface area (Å²) in [7, 11) is 0. The average Bonchev–Trinajstić information content (AvgIpc) is 2.89. The van der Waals surface area contributed by atoms with Crippen molar-refractivity contribution in [1.29, 1.82) is 0 Å². The Morgan fingerprint density at radius 2 is 1.84 bits per heavy atom. The fraction of sp³-hybridized carbons (Fsp3) is 0.148. The Kier molecular flexibility index (Phi) is 6.70. The number of carbonyl (C=O) groups is 4. The Hall–Kier alpha value is -4.50. The quantitative estimate of drug-likeness (QED) is 0.485. The van der Waals surface area contributed by atoms with E-state index in [0.29, 0.717) is 22.9 Å². The zero-order valence-corrected chi connectivity index (χ0v) is 20.1. The number of rotatable bonds is 6. The molecule has 5 rings (SSSR count). The maximum absolute atomic E-state index is 13.7. The molecule has 2 N–H and O–H groups in total. The van der Waals surface area contributed by atoms with Crippen molar-refractivity contribution in [2.45, 2.75) is 12.5 Å². The molecule has 2 atom stereocenters. The van der Waals surface area contributed by atoms with Gasteiger partial charge in [0.15, 0.2) is 0 Å². The number of anilines is 1. The molecule has 0 bridgehead atoms. The van der Waals surface area contributed by atoms with Crippen LogP contribution in [0.25, 0.3) is 0 Å². The molecule has 0 aliphatic carbocycles. The van der Waals surface area contributed by atoms with Crippen molar-refractivity contribution in [3.8, 4) is 5.75 Å². The lowest BCUT2D eigenvalue weighted by atomic mass is 9.85. The molecule has 2 aromatic carbocycles. The van der Waals surface area contributed by atoms with Gasteiger partial charge in [-0.25, -0.2) is 9.69 Å². The highest BCUT2D eigenvalue weighted by Gasteiger charge is 2.43. The lowest BCUT2D eigenvalue weighted by Gasteiger charge is -2.33. The summed E-state index contributed by atoms with van der Waals surface area (Å²) in [6.45, 7) is 0.216. The van der Waals surface area contributed by atoms with Gasteiger partial charge >= 0.3 is 6.03 Å². The maximum Gasteiger partial charge on any atom is 0.321 e. The van der Waals surface area contributed by atoms with E-state index in [2.05, 4.69) is 15.6 Å². The molecule has 1 fully saturated rings. The smallest absolute Gasteiger partial charge is 0.321 e. The minimum atomic E-state index is -0.979. The normalized spacial score (nSPS) is 19.7. The number of hydrogen-bond donors (Lipinski definition) is 2. The molecule has 3 heterocycles. The number of imide groups is 2. The second-order valence-electron chi connectivity index (χ2n) is 8.54. The highest BCUT2D eigenvalue weighted by Crippen LogP contribution is 2.36. The van der Waals surface area contributed by atoms with Gasteiger partial charge in [0.05, 0.1) is 23.7 Å². The Morgan fingerprint density at radius 3 is 2.57 bits per heavy atom. The van der Waals surface area contributed by atoms with Crippen molar-refractivity contribution in [3.05, 3.63) is 101 Å². The van der Waals surface area contributed by atoms with Crippen LogP contribution in [0.2, 0.25) is 5.02 Å². The molecule has 1 saturated heterocycles. The number of carbonyl (C=O) groups excluding carboxylic acids is 4. The van der Waals surface area contributed by atoms with Crippen molar-refractivity contribution < 1.29 is 23.9 Å². The molecule has 5 amide bonds. The zero-order valence-electron chi connectivity index (χ0n) is 19.4. The first-order valence-electron chi connectivity index (χ1n) is 11.5. The van der Waals surface area contributed by atoms with Gasteiger partial charge in [0.25, 0.3) is 5.91 Å². The van der Waals surface area contributed by atoms with Crippen LogP contribution >= 0.6 is 11.6 Å². The summed E-state index contributed by atoms with van der Waals surface area (Å²) in [5, 5.41) is 5.05. The number of pyridine rings is 1. The molecule has 0 saturated carbocycles. The van der Waals surface area contributed by atoms with E-state index >= 15 is 0 Å². The molecule has 2 unspecified atom stereocenters. The number of urea groups is 1. The van der Waals surface area contributed by atoms with E-state index < -0.39 is 35.6 Å². The van der Waals surface area contributed by atoms with E-state index in [1.807, 2.05) is 30.3 Å². The molecule has 0 spiro atoms. The van der Waals surface area contributed by atoms with Crippen LogP contribution in [0.4, 0.5) is 10.5 Å². The van der Waals surface area contributed by atoms with Crippen molar-refractivity contribution in [1.82, 2.24) is 15.6 Å². The molecule has 37 heavy (non-hydrogen) atoms. The third-order valence-electron chi connectivity index (χ3n) is 6.08. The number of amides is 5. The van der Waals surface area contributed by atoms with Gasteiger partial charge in [0.1, 0.15) is 12.4 Å². The molecular formula is C27H21ClN4O5. The number of nitrogens with one attached hydrogen (secondary N) is 2. The van der Waals surface area contributed by atoms with Crippen molar-refractivity contribution in [2.75, 3.05) is 11.4 Å². The Labute approximate surface area is 217 Å². The second kappa shape index (κ2) is 10.2. The van der Waals surface area contributed by atoms with Crippen LogP contribution in [-0.2, 0) is 21.0 Å². The molecule has 1 aromatic heterocycles. The highest BCUT2D eigenvalue weighted by molar-refractivity contribution is 6.31. The number of nitrogens with zero attached hydrogens (tertiary/aromatic N) is 2. The zero-order chi connectivity index (χ0) is 25.9. The van der Waals surface area contributed by atoms with Gasteiger partial charge in [-0.05, 0) is 41.5 Å². The SMILES string of the molecule is O=C1NCC(C2=CC(c3cc(Cl)cc(OCc4ccccc4)c3)C(=O)N(c3cccnc3)C2=O)C(=O)N1. The summed E-state index contributed by atoms with van der Waals surface area (Å²) in [4.78, 5) is 56.4. The summed E-state index contributed by atoms with van der Waals surface area (Å²) in [6.07, 6.45) is 4.38. The average molecular weight is 517 g/mol. The number of halogens is 1. The molecule has 186 valence electrons. The summed E-state index contributed by atoms with van der Waals surface area (Å²) in [5.41, 5.74) is 1.78. The van der Waals surface area contributed by atoms with Gasteiger partial charge in [-0.1, -0.05) is 48.0 Å². The highest BCUT2D eigenvalue weighted by atomic mass is 35.5. The van der Waals surface area contributed by atoms with Crippen LogP contribution in [0.1, 0.15) is 17.0 Å². The summed E-state index contributed by atoms with van der Waals surface area (Å²) in [5.74, 6) is -3.29. The fourth-order valence-electron chi connectivity index (χ4n) is 4.29. The number of benzene rings is 2. The van der Waals surface area contributed by atoms with Crippen LogP contribution in [-0.4, -0.2) is 35.3 Å². The number of ether oxygens (including phenoxy) is 1. The van der Waals surface area contributed by atoms with E-state index in [0.717, 1.165) is 10.5 Å². The maximum atomic E-state index is 13.7. The van der Waals surface area contributed by atoms with Crippen molar-refractivity contribution in [3.63, 3.8) is 0 Å². The van der Waals surface area contributed by atoms with Crippen LogP contribution in [0.15, 0.2) is 84.7 Å². The topological polar surface area (TPSA) is 118 Å². The van der Waals surface area contributed by atoms with Crippen molar-refractivity contribution >= 4 is 41.0 Å². The molecule has 2 aliphatic heterocycles. The van der Waals surface area contributed by atoms with Gasteiger partial charge in [-0.2, -0.15) is 0 Å². The largest absolute Gasteiger partial charge is 0.489 e. The third-order valence-corrected chi connectivity index (χ3v) is 6.30. The molecule has 2 aliphatic rings. The fourth-order valence-corrected chi connectivity index (χ4v) is 4.53. The minimum absolute atomic E-state index is 0.0784. The van der Waals surface area contributed by atoms with E-state index in [-0.39, 0.29) is 17.8 Å². The minimum Gasteiger partial charge on any atom is -0.489 e. The molecular weight excluding hydrogens is 496 g/mol. The van der Waals surface area contributed by atoms with Gasteiger partial charge < -0.3 is 10.1 Å². The van der Waals surface area contributed by atoms with Crippen LogP contribution < -0.4 is 20.3 Å². The predicted molar refractivity (Wildman–Crippen MR) is 135 cm³/mol. The lowest BCUT2D eigenvalue weighted by molar-refractivity contribution is -0.129. The van der Waals surface area contributed by atoms with Gasteiger partial charge in [-0.3, -0.25) is 24.7 Å². The van der Waals surface area contributed by atoms with Crippen LogP contribution in [0.3, 0.4) is 0 Å². The second-order valence-corrected chi connectivity index (χ2v) is 8.97. The van der Waals surface area contributed by atoms with E-state index in [1.54, 1.807) is 30.3 Å². The van der Waals surface area contributed by atoms with E-state index in [1.165, 1.54) is 18.5 Å². The monoisotopic (exact) mass is 516 g/mol. The summed E-state index contributed by atoms with van der Waals surface area (Å²) >= 11 is 6.39. The summed E-state index contributed by atoms with van der Waals surface area (Å²) < 4.78 is 5.93. The van der Waals surface area contributed by atoms with Crippen molar-refractivity contribution in [2.24, 2.45) is 5.92 Å². The number of aromatic nitrogens is 1. The van der Waals surface area contributed by atoms with Gasteiger partial charge in [0.2, 0.25) is 11.8 Å². The molecule has 0 radical (unpaired) electrons. The molecule has 10 heteroatoms. The summed E-state index contributed by atoms with van der Waals surface area (Å²) in [6, 6.07) is 17.1.